The molecule has 1 N–H and O–H groups in total. The Morgan fingerprint density at radius 3 is 2.44 bits per heavy atom. The molecule has 5 nitrogen and oxygen atoms in total. The van der Waals surface area contributed by atoms with Gasteiger partial charge in [-0.15, -0.1) is 0 Å². The number of hydrogen-bond acceptors (Lipinski definition) is 3. The molecule has 0 aliphatic carbocycles. The first-order valence-electron chi connectivity index (χ1n) is 6.86. The lowest BCUT2D eigenvalue weighted by atomic mass is 9.90. The van der Waals surface area contributed by atoms with Crippen LogP contribution in [0, 0.1) is 0 Å². The number of carbonyl (C=O) groups excluding carboxylic acids is 1. The highest BCUT2D eigenvalue weighted by Gasteiger charge is 2.47. The number of carboxylic acids is 1. The summed E-state index contributed by atoms with van der Waals surface area (Å²) in [6.45, 7) is 4.66. The number of hydrogen-bond donors (Lipinski definition) is 1. The molecule has 2 rings (SSSR count). The molecule has 0 spiro atoms. The molecule has 1 amide bonds. The first-order valence-corrected chi connectivity index (χ1v) is 6.86. The van der Waals surface area contributed by atoms with Crippen LogP contribution in [0.15, 0.2) is 0 Å². The van der Waals surface area contributed by atoms with Crippen molar-refractivity contribution >= 4 is 11.9 Å². The fourth-order valence-corrected chi connectivity index (χ4v) is 3.04. The largest absolute Gasteiger partial charge is 0.480 e. The molecule has 2 heterocycles. The minimum atomic E-state index is -0.796. The number of carbonyl (C=O) groups is 2. The SMILES string of the molecule is CCCC1(C(=O)O)CCCN1CC(=O)N1CCC1. The third kappa shape index (κ3) is 2.23. The second-order valence-corrected chi connectivity index (χ2v) is 5.35. The zero-order chi connectivity index (χ0) is 13.2. The monoisotopic (exact) mass is 254 g/mol. The maximum Gasteiger partial charge on any atom is 0.324 e. The van der Waals surface area contributed by atoms with E-state index in [1.807, 2.05) is 16.7 Å². The van der Waals surface area contributed by atoms with E-state index in [9.17, 15) is 14.7 Å². The average molecular weight is 254 g/mol. The van der Waals surface area contributed by atoms with Gasteiger partial charge >= 0.3 is 5.97 Å². The van der Waals surface area contributed by atoms with E-state index in [1.54, 1.807) is 0 Å². The van der Waals surface area contributed by atoms with Gasteiger partial charge in [-0.05, 0) is 32.2 Å². The molecule has 2 aliphatic rings. The topological polar surface area (TPSA) is 60.9 Å². The normalized spacial score (nSPS) is 28.2. The predicted octanol–water partition coefficient (Wildman–Crippen LogP) is 0.938. The predicted molar refractivity (Wildman–Crippen MR) is 67.3 cm³/mol. The lowest BCUT2D eigenvalue weighted by molar-refractivity contribution is -0.152. The smallest absolute Gasteiger partial charge is 0.324 e. The summed E-state index contributed by atoms with van der Waals surface area (Å²) in [7, 11) is 0. The van der Waals surface area contributed by atoms with Gasteiger partial charge in [0.2, 0.25) is 5.91 Å². The van der Waals surface area contributed by atoms with Crippen LogP contribution in [0.25, 0.3) is 0 Å². The van der Waals surface area contributed by atoms with Gasteiger partial charge in [0.25, 0.3) is 0 Å². The summed E-state index contributed by atoms with van der Waals surface area (Å²) >= 11 is 0. The Kier molecular flexibility index (Phi) is 3.90. The van der Waals surface area contributed by atoms with Crippen molar-refractivity contribution in [2.75, 3.05) is 26.2 Å². The van der Waals surface area contributed by atoms with Crippen LogP contribution in [0.4, 0.5) is 0 Å². The molecule has 1 atom stereocenters. The fourth-order valence-electron chi connectivity index (χ4n) is 3.04. The maximum absolute atomic E-state index is 12.0. The second-order valence-electron chi connectivity index (χ2n) is 5.35. The van der Waals surface area contributed by atoms with Gasteiger partial charge < -0.3 is 10.0 Å². The highest BCUT2D eigenvalue weighted by Crippen LogP contribution is 2.34. The zero-order valence-corrected chi connectivity index (χ0v) is 11.0. The van der Waals surface area contributed by atoms with Crippen molar-refractivity contribution in [2.45, 2.75) is 44.6 Å². The number of rotatable bonds is 5. The molecule has 18 heavy (non-hydrogen) atoms. The van der Waals surface area contributed by atoms with E-state index in [1.165, 1.54) is 0 Å². The molecule has 0 saturated carbocycles. The van der Waals surface area contributed by atoms with Crippen molar-refractivity contribution in [3.05, 3.63) is 0 Å². The molecule has 2 saturated heterocycles. The van der Waals surface area contributed by atoms with Gasteiger partial charge in [0.15, 0.2) is 0 Å². The minimum absolute atomic E-state index is 0.0879. The summed E-state index contributed by atoms with van der Waals surface area (Å²) in [4.78, 5) is 27.3. The first-order chi connectivity index (χ1) is 8.60. The summed E-state index contributed by atoms with van der Waals surface area (Å²) in [6, 6.07) is 0. The molecular weight excluding hydrogens is 232 g/mol. The van der Waals surface area contributed by atoms with Crippen LogP contribution < -0.4 is 0 Å². The summed E-state index contributed by atoms with van der Waals surface area (Å²) < 4.78 is 0. The fraction of sp³-hybridized carbons (Fsp3) is 0.846. The first kappa shape index (κ1) is 13.3. The van der Waals surface area contributed by atoms with Crippen molar-refractivity contribution in [1.82, 2.24) is 9.80 Å². The average Bonchev–Trinajstić information content (AvgIpc) is 2.60. The van der Waals surface area contributed by atoms with Crippen LogP contribution in [0.5, 0.6) is 0 Å². The van der Waals surface area contributed by atoms with Crippen molar-refractivity contribution < 1.29 is 14.7 Å². The van der Waals surface area contributed by atoms with E-state index in [4.69, 9.17) is 0 Å². The lowest BCUT2D eigenvalue weighted by Gasteiger charge is -2.37. The minimum Gasteiger partial charge on any atom is -0.480 e. The Morgan fingerprint density at radius 1 is 1.22 bits per heavy atom. The zero-order valence-electron chi connectivity index (χ0n) is 11.0. The van der Waals surface area contributed by atoms with E-state index in [2.05, 4.69) is 0 Å². The second kappa shape index (κ2) is 5.26. The Balaban J connectivity index is 2.04. The van der Waals surface area contributed by atoms with Gasteiger partial charge in [-0.1, -0.05) is 13.3 Å². The molecule has 0 aromatic carbocycles. The Bertz CT molecular complexity index is 341. The van der Waals surface area contributed by atoms with Crippen LogP contribution in [-0.4, -0.2) is 58.5 Å². The van der Waals surface area contributed by atoms with Gasteiger partial charge in [-0.2, -0.15) is 0 Å². The summed E-state index contributed by atoms with van der Waals surface area (Å²) in [5, 5.41) is 9.52. The van der Waals surface area contributed by atoms with E-state index >= 15 is 0 Å². The molecule has 0 bridgehead atoms. The molecule has 0 radical (unpaired) electrons. The van der Waals surface area contributed by atoms with E-state index in [0.29, 0.717) is 12.8 Å². The molecule has 2 aliphatic heterocycles. The number of likely N-dealkylation sites (tertiary alicyclic amines) is 2. The van der Waals surface area contributed by atoms with Crippen LogP contribution in [0.3, 0.4) is 0 Å². The van der Waals surface area contributed by atoms with E-state index in [0.717, 1.165) is 38.9 Å². The van der Waals surface area contributed by atoms with Crippen molar-refractivity contribution in [3.8, 4) is 0 Å². The molecule has 102 valence electrons. The number of aliphatic carboxylic acids is 1. The Hall–Kier alpha value is -1.10. The Morgan fingerprint density at radius 2 is 1.94 bits per heavy atom. The van der Waals surface area contributed by atoms with Crippen LogP contribution in [0.2, 0.25) is 0 Å². The van der Waals surface area contributed by atoms with Gasteiger partial charge in [-0.3, -0.25) is 14.5 Å². The number of nitrogens with zero attached hydrogens (tertiary/aromatic N) is 2. The summed E-state index contributed by atoms with van der Waals surface area (Å²) in [6.07, 6.45) is 4.09. The molecule has 0 aromatic rings. The molecule has 2 fully saturated rings. The number of carboxylic acid groups (broad SMARTS) is 1. The number of amides is 1. The maximum atomic E-state index is 12.0. The van der Waals surface area contributed by atoms with E-state index < -0.39 is 11.5 Å². The molecular formula is C13H22N2O3. The van der Waals surface area contributed by atoms with Gasteiger partial charge in [0, 0.05) is 13.1 Å². The highest BCUT2D eigenvalue weighted by atomic mass is 16.4. The quantitative estimate of drug-likeness (QED) is 0.793. The van der Waals surface area contributed by atoms with Crippen LogP contribution in [0.1, 0.15) is 39.0 Å². The van der Waals surface area contributed by atoms with Crippen LogP contribution in [-0.2, 0) is 9.59 Å². The molecule has 5 heteroatoms. The van der Waals surface area contributed by atoms with Crippen LogP contribution >= 0.6 is 0 Å². The van der Waals surface area contributed by atoms with Gasteiger partial charge in [0.1, 0.15) is 5.54 Å². The molecule has 1 unspecified atom stereocenters. The van der Waals surface area contributed by atoms with E-state index in [-0.39, 0.29) is 12.5 Å². The van der Waals surface area contributed by atoms with Crippen molar-refractivity contribution in [1.29, 1.82) is 0 Å². The third-order valence-corrected chi connectivity index (χ3v) is 4.22. The Labute approximate surface area is 108 Å². The summed E-state index contributed by atoms with van der Waals surface area (Å²) in [5.74, 6) is -0.678. The van der Waals surface area contributed by atoms with Crippen molar-refractivity contribution in [2.24, 2.45) is 0 Å². The lowest BCUT2D eigenvalue weighted by Crippen LogP contribution is -2.55. The third-order valence-electron chi connectivity index (χ3n) is 4.22. The standard InChI is InChI=1S/C13H22N2O3/c1-2-5-13(12(17)18)6-3-9-15(13)10-11(16)14-7-4-8-14/h2-10H2,1H3,(H,17,18). The summed E-state index contributed by atoms with van der Waals surface area (Å²) in [5.41, 5.74) is -0.796. The van der Waals surface area contributed by atoms with Crippen molar-refractivity contribution in [3.63, 3.8) is 0 Å². The van der Waals surface area contributed by atoms with Gasteiger partial charge in [0.05, 0.1) is 6.54 Å². The highest BCUT2D eigenvalue weighted by molar-refractivity contribution is 5.83. The van der Waals surface area contributed by atoms with Gasteiger partial charge in [-0.25, -0.2) is 0 Å². The molecule has 0 aromatic heterocycles.